The van der Waals surface area contributed by atoms with Crippen LogP contribution in [-0.4, -0.2) is 32.5 Å². The average Bonchev–Trinajstić information content (AvgIpc) is 3.24. The molecule has 33 heavy (non-hydrogen) atoms. The molecule has 0 saturated carbocycles. The SMILES string of the molecule is CCc1ccc(-c2csc3nc(C)nc(SC(C)C(=O)Nc4cc(C=O)ccc4O)c23)cc1. The van der Waals surface area contributed by atoms with Gasteiger partial charge in [0.1, 0.15) is 27.7 Å². The summed E-state index contributed by atoms with van der Waals surface area (Å²) in [5.74, 6) is 0.248. The first-order valence-electron chi connectivity index (χ1n) is 10.5. The number of carbonyl (C=O) groups is 2. The lowest BCUT2D eigenvalue weighted by Crippen LogP contribution is -2.22. The number of hydrogen-bond acceptors (Lipinski definition) is 7. The van der Waals surface area contributed by atoms with Crippen molar-refractivity contribution in [3.05, 3.63) is 64.8 Å². The molecule has 2 aromatic heterocycles. The van der Waals surface area contributed by atoms with E-state index in [0.717, 1.165) is 32.8 Å². The van der Waals surface area contributed by atoms with Gasteiger partial charge in [-0.3, -0.25) is 9.59 Å². The third-order valence-electron chi connectivity index (χ3n) is 5.26. The molecule has 2 heterocycles. The molecular weight excluding hydrogens is 454 g/mol. The Morgan fingerprint density at radius 3 is 2.67 bits per heavy atom. The van der Waals surface area contributed by atoms with Crippen molar-refractivity contribution in [2.75, 3.05) is 5.32 Å². The molecule has 0 saturated heterocycles. The van der Waals surface area contributed by atoms with E-state index in [0.29, 0.717) is 17.7 Å². The minimum Gasteiger partial charge on any atom is -0.506 e. The molecule has 1 unspecified atom stereocenters. The number of aromatic hydroxyl groups is 1. The predicted octanol–water partition coefficient (Wildman–Crippen LogP) is 5.87. The Bertz CT molecular complexity index is 1330. The maximum atomic E-state index is 12.9. The molecule has 2 N–H and O–H groups in total. The van der Waals surface area contributed by atoms with Gasteiger partial charge in [-0.2, -0.15) is 0 Å². The number of nitrogens with one attached hydrogen (secondary N) is 1. The number of aromatic nitrogens is 2. The largest absolute Gasteiger partial charge is 0.506 e. The second kappa shape index (κ2) is 9.72. The van der Waals surface area contributed by atoms with Crippen LogP contribution in [0.1, 0.15) is 35.6 Å². The number of carbonyl (C=O) groups excluding carboxylic acids is 2. The normalized spacial score (nSPS) is 12.0. The smallest absolute Gasteiger partial charge is 0.237 e. The van der Waals surface area contributed by atoms with Crippen molar-refractivity contribution < 1.29 is 14.7 Å². The molecule has 1 atom stereocenters. The molecule has 0 aliphatic carbocycles. The van der Waals surface area contributed by atoms with Gasteiger partial charge in [-0.1, -0.05) is 43.0 Å². The third kappa shape index (κ3) is 4.91. The first-order chi connectivity index (χ1) is 15.9. The van der Waals surface area contributed by atoms with E-state index in [1.807, 2.05) is 6.92 Å². The molecule has 8 heteroatoms. The zero-order valence-corrected chi connectivity index (χ0v) is 20.1. The van der Waals surface area contributed by atoms with E-state index in [2.05, 4.69) is 51.9 Å². The van der Waals surface area contributed by atoms with E-state index in [4.69, 9.17) is 0 Å². The van der Waals surface area contributed by atoms with Crippen molar-refractivity contribution in [3.8, 4) is 16.9 Å². The molecule has 168 valence electrons. The summed E-state index contributed by atoms with van der Waals surface area (Å²) in [6, 6.07) is 12.8. The van der Waals surface area contributed by atoms with Crippen molar-refractivity contribution >= 4 is 51.2 Å². The first-order valence-corrected chi connectivity index (χ1v) is 12.3. The number of benzene rings is 2. The van der Waals surface area contributed by atoms with Crippen LogP contribution < -0.4 is 5.32 Å². The lowest BCUT2D eigenvalue weighted by atomic mass is 10.0. The molecule has 0 spiro atoms. The lowest BCUT2D eigenvalue weighted by Gasteiger charge is -2.14. The quantitative estimate of drug-likeness (QED) is 0.150. The molecule has 4 rings (SSSR count). The number of rotatable bonds is 7. The molecule has 1 amide bonds. The third-order valence-corrected chi connectivity index (χ3v) is 7.22. The van der Waals surface area contributed by atoms with Crippen LogP contribution in [-0.2, 0) is 11.2 Å². The first kappa shape index (κ1) is 22.9. The van der Waals surface area contributed by atoms with Crippen LogP contribution in [0.4, 0.5) is 5.69 Å². The highest BCUT2D eigenvalue weighted by atomic mass is 32.2. The molecule has 6 nitrogen and oxygen atoms in total. The van der Waals surface area contributed by atoms with Crippen molar-refractivity contribution in [1.29, 1.82) is 0 Å². The summed E-state index contributed by atoms with van der Waals surface area (Å²) >= 11 is 2.90. The molecule has 0 bridgehead atoms. The molecule has 0 aliphatic rings. The number of fused-ring (bicyclic) bond motifs is 1. The maximum Gasteiger partial charge on any atom is 0.237 e. The van der Waals surface area contributed by atoms with E-state index in [-0.39, 0.29) is 17.3 Å². The molecular formula is C25H23N3O3S2. The van der Waals surface area contributed by atoms with E-state index in [1.165, 1.54) is 35.5 Å². The van der Waals surface area contributed by atoms with Crippen LogP contribution in [0.15, 0.2) is 52.9 Å². The molecule has 2 aromatic carbocycles. The van der Waals surface area contributed by atoms with Crippen LogP contribution in [0.3, 0.4) is 0 Å². The number of phenols is 1. The molecule has 0 radical (unpaired) electrons. The summed E-state index contributed by atoms with van der Waals surface area (Å²) in [5, 5.41) is 16.0. The molecule has 0 fully saturated rings. The van der Waals surface area contributed by atoms with Crippen LogP contribution in [0.5, 0.6) is 5.75 Å². The Labute approximate surface area is 200 Å². The highest BCUT2D eigenvalue weighted by Gasteiger charge is 2.21. The Morgan fingerprint density at radius 2 is 1.97 bits per heavy atom. The number of phenolic OH excluding ortho intramolecular Hbond substituents is 1. The van der Waals surface area contributed by atoms with Gasteiger partial charge in [0, 0.05) is 16.5 Å². The highest BCUT2D eigenvalue weighted by molar-refractivity contribution is 8.00. The molecule has 0 aliphatic heterocycles. The van der Waals surface area contributed by atoms with Crippen molar-refractivity contribution in [3.63, 3.8) is 0 Å². The van der Waals surface area contributed by atoms with E-state index in [9.17, 15) is 14.7 Å². The van der Waals surface area contributed by atoms with Crippen LogP contribution in [0.2, 0.25) is 0 Å². The van der Waals surface area contributed by atoms with Crippen molar-refractivity contribution in [2.45, 2.75) is 37.5 Å². The van der Waals surface area contributed by atoms with Gasteiger partial charge >= 0.3 is 0 Å². The van der Waals surface area contributed by atoms with Crippen molar-refractivity contribution in [1.82, 2.24) is 9.97 Å². The van der Waals surface area contributed by atoms with Gasteiger partial charge in [0.05, 0.1) is 16.3 Å². The summed E-state index contributed by atoms with van der Waals surface area (Å²) in [4.78, 5) is 34.0. The number of aldehydes is 1. The Kier molecular flexibility index (Phi) is 6.76. The number of nitrogens with zero attached hydrogens (tertiary/aromatic N) is 2. The van der Waals surface area contributed by atoms with Gasteiger partial charge in [0.15, 0.2) is 0 Å². The highest BCUT2D eigenvalue weighted by Crippen LogP contribution is 2.39. The molecule has 4 aromatic rings. The number of hydrogen-bond donors (Lipinski definition) is 2. The minimum absolute atomic E-state index is 0.0953. The fourth-order valence-corrected chi connectivity index (χ4v) is 5.48. The predicted molar refractivity (Wildman–Crippen MR) is 134 cm³/mol. The second-order valence-electron chi connectivity index (χ2n) is 7.60. The van der Waals surface area contributed by atoms with Gasteiger partial charge in [0.25, 0.3) is 0 Å². The number of thiophene rings is 1. The Balaban J connectivity index is 1.64. The lowest BCUT2D eigenvalue weighted by molar-refractivity contribution is -0.115. The summed E-state index contributed by atoms with van der Waals surface area (Å²) in [7, 11) is 0. The summed E-state index contributed by atoms with van der Waals surface area (Å²) in [5.41, 5.74) is 3.97. The fourth-order valence-electron chi connectivity index (χ4n) is 3.41. The fraction of sp³-hybridized carbons (Fsp3) is 0.200. The Morgan fingerprint density at radius 1 is 1.21 bits per heavy atom. The van der Waals surface area contributed by atoms with Crippen LogP contribution in [0.25, 0.3) is 21.3 Å². The van der Waals surface area contributed by atoms with E-state index >= 15 is 0 Å². The zero-order valence-electron chi connectivity index (χ0n) is 18.5. The zero-order chi connectivity index (χ0) is 23.5. The number of anilines is 1. The second-order valence-corrected chi connectivity index (χ2v) is 9.79. The standard InChI is InChI=1S/C25H23N3O3S2/c1-4-16-5-8-18(9-6-16)19-13-32-24-22(19)25(27-15(3)26-24)33-14(2)23(31)28-20-11-17(12-29)7-10-21(20)30/h5-14,30H,4H2,1-3H3,(H,28,31). The Hall–Kier alpha value is -3.23. The minimum atomic E-state index is -0.503. The van der Waals surface area contributed by atoms with Gasteiger partial charge in [-0.25, -0.2) is 9.97 Å². The van der Waals surface area contributed by atoms with Crippen LogP contribution in [0, 0.1) is 6.92 Å². The topological polar surface area (TPSA) is 92.2 Å². The average molecular weight is 478 g/mol. The van der Waals surface area contributed by atoms with Gasteiger partial charge in [-0.15, -0.1) is 11.3 Å². The summed E-state index contributed by atoms with van der Waals surface area (Å²) in [6.45, 7) is 5.75. The number of aryl methyl sites for hydroxylation is 2. The van der Waals surface area contributed by atoms with E-state index < -0.39 is 5.25 Å². The maximum absolute atomic E-state index is 12.9. The van der Waals surface area contributed by atoms with Crippen molar-refractivity contribution in [2.24, 2.45) is 0 Å². The van der Waals surface area contributed by atoms with Gasteiger partial charge < -0.3 is 10.4 Å². The van der Waals surface area contributed by atoms with Crippen LogP contribution >= 0.6 is 23.1 Å². The van der Waals surface area contributed by atoms with Gasteiger partial charge in [-0.05, 0) is 49.6 Å². The van der Waals surface area contributed by atoms with E-state index in [1.54, 1.807) is 18.3 Å². The summed E-state index contributed by atoms with van der Waals surface area (Å²) < 4.78 is 0. The summed E-state index contributed by atoms with van der Waals surface area (Å²) in [6.07, 6.45) is 1.64. The van der Waals surface area contributed by atoms with Gasteiger partial charge in [0.2, 0.25) is 5.91 Å². The monoisotopic (exact) mass is 477 g/mol. The number of thioether (sulfide) groups is 1. The number of amides is 1.